The number of carbonyl (C=O) groups excluding carboxylic acids is 1. The second-order valence-electron chi connectivity index (χ2n) is 5.24. The van der Waals surface area contributed by atoms with Crippen LogP contribution in [0.4, 0.5) is 0 Å². The molecular weight excluding hydrogens is 278 g/mol. The molecule has 0 heterocycles. The first kappa shape index (κ1) is 15.0. The predicted octanol–water partition coefficient (Wildman–Crippen LogP) is 4.03. The first-order valence-electron chi connectivity index (χ1n) is 7.13. The van der Waals surface area contributed by atoms with Crippen molar-refractivity contribution in [2.24, 2.45) is 5.92 Å². The molecule has 2 nitrogen and oxygen atoms in total. The summed E-state index contributed by atoms with van der Waals surface area (Å²) in [5, 5.41) is 3.08. The summed E-state index contributed by atoms with van der Waals surface area (Å²) < 4.78 is 0. The lowest BCUT2D eigenvalue weighted by Gasteiger charge is -2.10. The summed E-state index contributed by atoms with van der Waals surface area (Å²) in [5.41, 5.74) is 0. The van der Waals surface area contributed by atoms with Crippen molar-refractivity contribution >= 4 is 21.8 Å². The lowest BCUT2D eigenvalue weighted by molar-refractivity contribution is -0.121. The van der Waals surface area contributed by atoms with Crippen molar-refractivity contribution < 1.29 is 4.79 Å². The predicted molar refractivity (Wildman–Crippen MR) is 76.4 cm³/mol. The van der Waals surface area contributed by atoms with Crippen LogP contribution in [0, 0.1) is 5.92 Å². The first-order chi connectivity index (χ1) is 8.22. The van der Waals surface area contributed by atoms with Gasteiger partial charge in [-0.3, -0.25) is 4.79 Å². The van der Waals surface area contributed by atoms with Crippen molar-refractivity contribution in [2.75, 3.05) is 6.54 Å². The summed E-state index contributed by atoms with van der Waals surface area (Å²) in [6.07, 6.45) is 10.6. The Morgan fingerprint density at radius 1 is 1.24 bits per heavy atom. The minimum Gasteiger partial charge on any atom is -0.356 e. The zero-order valence-electron chi connectivity index (χ0n) is 11.0. The largest absolute Gasteiger partial charge is 0.356 e. The third kappa shape index (κ3) is 7.07. The molecule has 0 aromatic carbocycles. The number of amides is 1. The Morgan fingerprint density at radius 3 is 2.65 bits per heavy atom. The van der Waals surface area contributed by atoms with E-state index in [1.807, 2.05) is 0 Å². The van der Waals surface area contributed by atoms with E-state index in [0.29, 0.717) is 17.2 Å². The number of hydrogen-bond acceptors (Lipinski definition) is 1. The fraction of sp³-hybridized carbons (Fsp3) is 0.929. The topological polar surface area (TPSA) is 29.1 Å². The van der Waals surface area contributed by atoms with Crippen molar-refractivity contribution in [3.8, 4) is 0 Å². The van der Waals surface area contributed by atoms with E-state index in [0.717, 1.165) is 13.0 Å². The second kappa shape index (κ2) is 8.96. The van der Waals surface area contributed by atoms with E-state index in [1.165, 1.54) is 44.9 Å². The SMILES string of the molecule is CCCCCCCC(=O)NCC1CCC(Br)C1. The molecule has 2 unspecified atom stereocenters. The molecule has 1 aliphatic rings. The standard InChI is InChI=1S/C14H26BrNO/c1-2-3-4-5-6-7-14(17)16-11-12-8-9-13(15)10-12/h12-13H,2-11H2,1H3,(H,16,17). The highest BCUT2D eigenvalue weighted by Gasteiger charge is 2.22. The monoisotopic (exact) mass is 303 g/mol. The lowest BCUT2D eigenvalue weighted by atomic mass is 10.1. The number of carbonyl (C=O) groups is 1. The van der Waals surface area contributed by atoms with E-state index in [2.05, 4.69) is 28.2 Å². The van der Waals surface area contributed by atoms with Gasteiger partial charge in [0.1, 0.15) is 0 Å². The highest BCUT2D eigenvalue weighted by molar-refractivity contribution is 9.09. The molecule has 1 N–H and O–H groups in total. The zero-order chi connectivity index (χ0) is 12.5. The number of rotatable bonds is 8. The fourth-order valence-electron chi connectivity index (χ4n) is 2.44. The van der Waals surface area contributed by atoms with Crippen molar-refractivity contribution in [1.82, 2.24) is 5.32 Å². The molecule has 0 aromatic heterocycles. The summed E-state index contributed by atoms with van der Waals surface area (Å²) in [6, 6.07) is 0. The number of hydrogen-bond donors (Lipinski definition) is 1. The van der Waals surface area contributed by atoms with Crippen LogP contribution in [0.2, 0.25) is 0 Å². The van der Waals surface area contributed by atoms with Crippen molar-refractivity contribution in [3.63, 3.8) is 0 Å². The molecule has 2 atom stereocenters. The van der Waals surface area contributed by atoms with Crippen LogP contribution in [0.15, 0.2) is 0 Å². The van der Waals surface area contributed by atoms with Crippen molar-refractivity contribution in [1.29, 1.82) is 0 Å². The van der Waals surface area contributed by atoms with E-state index in [9.17, 15) is 4.79 Å². The van der Waals surface area contributed by atoms with Gasteiger partial charge in [0.15, 0.2) is 0 Å². The van der Waals surface area contributed by atoms with Crippen LogP contribution in [0.5, 0.6) is 0 Å². The Bertz CT molecular complexity index is 220. The van der Waals surface area contributed by atoms with Crippen LogP contribution in [-0.2, 0) is 4.79 Å². The molecule has 1 fully saturated rings. The fourth-order valence-corrected chi connectivity index (χ4v) is 3.23. The van der Waals surface area contributed by atoms with Crippen LogP contribution in [-0.4, -0.2) is 17.3 Å². The van der Waals surface area contributed by atoms with Crippen LogP contribution in [0.3, 0.4) is 0 Å². The van der Waals surface area contributed by atoms with Gasteiger partial charge < -0.3 is 5.32 Å². The van der Waals surface area contributed by atoms with Gasteiger partial charge in [0.05, 0.1) is 0 Å². The van der Waals surface area contributed by atoms with Gasteiger partial charge in [-0.1, -0.05) is 48.5 Å². The average Bonchev–Trinajstić information content (AvgIpc) is 2.72. The van der Waals surface area contributed by atoms with Crippen LogP contribution < -0.4 is 5.32 Å². The maximum Gasteiger partial charge on any atom is 0.220 e. The normalized spacial score (nSPS) is 23.9. The minimum atomic E-state index is 0.250. The summed E-state index contributed by atoms with van der Waals surface area (Å²) in [7, 11) is 0. The molecule has 0 spiro atoms. The van der Waals surface area contributed by atoms with E-state index >= 15 is 0 Å². The first-order valence-corrected chi connectivity index (χ1v) is 8.04. The summed E-state index contributed by atoms with van der Waals surface area (Å²) in [4.78, 5) is 12.3. The molecule has 0 bridgehead atoms. The molecule has 17 heavy (non-hydrogen) atoms. The number of halogens is 1. The molecule has 1 aliphatic carbocycles. The van der Waals surface area contributed by atoms with Gasteiger partial charge in [-0.2, -0.15) is 0 Å². The Labute approximate surface area is 114 Å². The third-order valence-electron chi connectivity index (χ3n) is 3.57. The molecule has 0 aromatic rings. The third-order valence-corrected chi connectivity index (χ3v) is 4.40. The van der Waals surface area contributed by atoms with Crippen molar-refractivity contribution in [2.45, 2.75) is 69.5 Å². The van der Waals surface area contributed by atoms with Gasteiger partial charge in [0.25, 0.3) is 0 Å². The second-order valence-corrected chi connectivity index (χ2v) is 6.54. The summed E-state index contributed by atoms with van der Waals surface area (Å²) in [5.74, 6) is 0.947. The Balaban J connectivity index is 1.94. The Kier molecular flexibility index (Phi) is 7.91. The lowest BCUT2D eigenvalue weighted by Crippen LogP contribution is -2.28. The van der Waals surface area contributed by atoms with Gasteiger partial charge in [-0.15, -0.1) is 0 Å². The van der Waals surface area contributed by atoms with Crippen molar-refractivity contribution in [3.05, 3.63) is 0 Å². The minimum absolute atomic E-state index is 0.250. The summed E-state index contributed by atoms with van der Waals surface area (Å²) in [6.45, 7) is 3.10. The molecule has 0 saturated heterocycles. The molecule has 1 amide bonds. The van der Waals surface area contributed by atoms with E-state index < -0.39 is 0 Å². The Hall–Kier alpha value is -0.0500. The maximum absolute atomic E-state index is 11.6. The molecular formula is C14H26BrNO. The van der Waals surface area contributed by atoms with Crippen LogP contribution in [0.25, 0.3) is 0 Å². The molecule has 0 radical (unpaired) electrons. The molecule has 1 rings (SSSR count). The maximum atomic E-state index is 11.6. The summed E-state index contributed by atoms with van der Waals surface area (Å²) >= 11 is 3.64. The number of alkyl halides is 1. The Morgan fingerprint density at radius 2 is 2.00 bits per heavy atom. The molecule has 3 heteroatoms. The number of nitrogens with one attached hydrogen (secondary N) is 1. The number of unbranched alkanes of at least 4 members (excludes halogenated alkanes) is 4. The zero-order valence-corrected chi connectivity index (χ0v) is 12.6. The molecule has 1 saturated carbocycles. The van der Waals surface area contributed by atoms with Gasteiger partial charge >= 0.3 is 0 Å². The quantitative estimate of drug-likeness (QED) is 0.532. The van der Waals surface area contributed by atoms with Gasteiger partial charge in [-0.25, -0.2) is 0 Å². The van der Waals surface area contributed by atoms with Crippen LogP contribution >= 0.6 is 15.9 Å². The van der Waals surface area contributed by atoms with Gasteiger partial charge in [0, 0.05) is 17.8 Å². The highest BCUT2D eigenvalue weighted by atomic mass is 79.9. The molecule has 0 aliphatic heterocycles. The van der Waals surface area contributed by atoms with E-state index in [-0.39, 0.29) is 5.91 Å². The van der Waals surface area contributed by atoms with Crippen LogP contribution in [0.1, 0.15) is 64.7 Å². The van der Waals surface area contributed by atoms with E-state index in [1.54, 1.807) is 0 Å². The van der Waals surface area contributed by atoms with Gasteiger partial charge in [0.2, 0.25) is 5.91 Å². The highest BCUT2D eigenvalue weighted by Crippen LogP contribution is 2.29. The van der Waals surface area contributed by atoms with Gasteiger partial charge in [-0.05, 0) is 31.6 Å². The average molecular weight is 304 g/mol. The smallest absolute Gasteiger partial charge is 0.220 e. The molecule has 100 valence electrons. The van der Waals surface area contributed by atoms with E-state index in [4.69, 9.17) is 0 Å².